The Bertz CT molecular complexity index is 1090. The van der Waals surface area contributed by atoms with Gasteiger partial charge in [-0.3, -0.25) is 4.79 Å². The summed E-state index contributed by atoms with van der Waals surface area (Å²) in [7, 11) is 1.97. The van der Waals surface area contributed by atoms with Crippen molar-refractivity contribution in [1.82, 2.24) is 4.90 Å². The summed E-state index contributed by atoms with van der Waals surface area (Å²) in [5.74, 6) is -0.718. The van der Waals surface area contributed by atoms with E-state index in [1.807, 2.05) is 40.8 Å². The molecule has 198 valence electrons. The van der Waals surface area contributed by atoms with Crippen molar-refractivity contribution in [2.24, 2.45) is 11.7 Å². The van der Waals surface area contributed by atoms with E-state index in [0.29, 0.717) is 18.6 Å². The van der Waals surface area contributed by atoms with Crippen molar-refractivity contribution in [3.05, 3.63) is 35.1 Å². The molecule has 9 heteroatoms. The number of phenols is 1. The van der Waals surface area contributed by atoms with Crippen molar-refractivity contribution in [3.8, 4) is 11.5 Å². The van der Waals surface area contributed by atoms with E-state index in [2.05, 4.69) is 4.90 Å². The molecule has 3 aliphatic rings. The second kappa shape index (κ2) is 9.36. The highest BCUT2D eigenvalue weighted by molar-refractivity contribution is 5.82. The highest BCUT2D eigenvalue weighted by atomic mass is 16.6. The molecule has 0 fully saturated rings. The summed E-state index contributed by atoms with van der Waals surface area (Å²) in [6.07, 6.45) is 0.916. The molecule has 9 nitrogen and oxygen atoms in total. The summed E-state index contributed by atoms with van der Waals surface area (Å²) in [6.45, 7) is 10.00. The number of aromatic hydroxyl groups is 1. The van der Waals surface area contributed by atoms with Crippen LogP contribution in [0, 0.1) is 5.92 Å². The number of carbonyl (C=O) groups excluding carboxylic acids is 2. The molecule has 2 aliphatic carbocycles. The molecule has 0 spiro atoms. The van der Waals surface area contributed by atoms with E-state index >= 15 is 0 Å². The van der Waals surface area contributed by atoms with E-state index in [-0.39, 0.29) is 29.9 Å². The van der Waals surface area contributed by atoms with Crippen LogP contribution in [0.2, 0.25) is 0 Å². The molecule has 1 aliphatic heterocycles. The SMILES string of the molecule is CCN(C)[C@@H]1Cc2ccc(O)c3c2[C@@]2(C)[C@@H](O3)C(OC(=O)[C@H](C)OC(=O)[C@@H](N)CC(C)C)=CC[C@@]12O. The second-order valence-corrected chi connectivity index (χ2v) is 10.9. The standard InChI is InChI=1S/C27H38N2O7/c1-7-29(6)20-13-16-8-9-18(30)22-21(16)26(5)23(36-22)19(10-11-27(20,26)33)35-24(31)15(4)34-25(32)17(28)12-14(2)3/h8-10,14-15,17,20,23,30,33H,7,11-13,28H2,1-6H3/t15-,17-,20+,23-,26-,27+/m0/s1. The van der Waals surface area contributed by atoms with Crippen LogP contribution in [0.15, 0.2) is 24.0 Å². The van der Waals surface area contributed by atoms with Crippen LogP contribution < -0.4 is 10.5 Å². The third kappa shape index (κ3) is 3.97. The van der Waals surface area contributed by atoms with E-state index in [1.165, 1.54) is 6.92 Å². The van der Waals surface area contributed by atoms with Crippen LogP contribution in [0.5, 0.6) is 11.5 Å². The summed E-state index contributed by atoms with van der Waals surface area (Å²) in [6, 6.07) is 2.43. The van der Waals surface area contributed by atoms with Crippen LogP contribution in [0.4, 0.5) is 0 Å². The molecule has 36 heavy (non-hydrogen) atoms. The number of aliphatic hydroxyl groups is 1. The van der Waals surface area contributed by atoms with Gasteiger partial charge in [0.2, 0.25) is 0 Å². The predicted molar refractivity (Wildman–Crippen MR) is 132 cm³/mol. The maximum Gasteiger partial charge on any atom is 0.352 e. The van der Waals surface area contributed by atoms with Crippen LogP contribution in [-0.4, -0.2) is 70.5 Å². The smallest absolute Gasteiger partial charge is 0.352 e. The third-order valence-corrected chi connectivity index (χ3v) is 8.14. The van der Waals surface area contributed by atoms with Gasteiger partial charge in [0.25, 0.3) is 0 Å². The lowest BCUT2D eigenvalue weighted by Gasteiger charge is -2.56. The maximum absolute atomic E-state index is 12.9. The molecule has 4 N–H and O–H groups in total. The van der Waals surface area contributed by atoms with Crippen LogP contribution in [0.1, 0.15) is 58.6 Å². The first kappa shape index (κ1) is 26.4. The van der Waals surface area contributed by atoms with Gasteiger partial charge in [0.05, 0.1) is 11.0 Å². The van der Waals surface area contributed by atoms with Crippen molar-refractivity contribution in [3.63, 3.8) is 0 Å². The molecule has 4 rings (SSSR count). The van der Waals surface area contributed by atoms with Crippen molar-refractivity contribution >= 4 is 11.9 Å². The lowest BCUT2D eigenvalue weighted by molar-refractivity contribution is -0.168. The third-order valence-electron chi connectivity index (χ3n) is 8.14. The fourth-order valence-electron chi connectivity index (χ4n) is 6.01. The van der Waals surface area contributed by atoms with Gasteiger partial charge in [-0.15, -0.1) is 0 Å². The van der Waals surface area contributed by atoms with Gasteiger partial charge in [-0.2, -0.15) is 0 Å². The van der Waals surface area contributed by atoms with E-state index in [9.17, 15) is 19.8 Å². The molecule has 0 aromatic heterocycles. The van der Waals surface area contributed by atoms with Gasteiger partial charge in [0.1, 0.15) is 11.8 Å². The Hall–Kier alpha value is -2.62. The minimum absolute atomic E-state index is 0.0267. The first-order valence-electron chi connectivity index (χ1n) is 12.7. The molecule has 0 amide bonds. The summed E-state index contributed by atoms with van der Waals surface area (Å²) in [5, 5.41) is 22.8. The number of rotatable bonds is 8. The first-order valence-corrected chi connectivity index (χ1v) is 12.7. The van der Waals surface area contributed by atoms with Gasteiger partial charge in [-0.25, -0.2) is 4.79 Å². The highest BCUT2D eigenvalue weighted by Crippen LogP contribution is 2.62. The molecule has 0 bridgehead atoms. The van der Waals surface area contributed by atoms with Gasteiger partial charge in [0, 0.05) is 18.0 Å². The molecule has 0 saturated heterocycles. The summed E-state index contributed by atoms with van der Waals surface area (Å²) in [4.78, 5) is 27.3. The first-order chi connectivity index (χ1) is 16.8. The lowest BCUT2D eigenvalue weighted by atomic mass is 9.54. The van der Waals surface area contributed by atoms with E-state index < -0.39 is 41.2 Å². The Morgan fingerprint density at radius 2 is 1.97 bits per heavy atom. The van der Waals surface area contributed by atoms with Gasteiger partial charge >= 0.3 is 11.9 Å². The number of likely N-dealkylation sites (N-methyl/N-ethyl adjacent to an activating group) is 1. The van der Waals surface area contributed by atoms with Gasteiger partial charge in [-0.05, 0) is 63.9 Å². The van der Waals surface area contributed by atoms with Crippen LogP contribution >= 0.6 is 0 Å². The number of esters is 2. The number of phenolic OH excluding ortho intramolecular Hbond substituents is 1. The molecule has 1 aromatic carbocycles. The zero-order chi connectivity index (χ0) is 26.6. The Morgan fingerprint density at radius 1 is 1.28 bits per heavy atom. The average molecular weight is 503 g/mol. The fourth-order valence-corrected chi connectivity index (χ4v) is 6.01. The van der Waals surface area contributed by atoms with Gasteiger partial charge in [-0.1, -0.05) is 26.8 Å². The zero-order valence-corrected chi connectivity index (χ0v) is 21.9. The number of nitrogens with two attached hydrogens (primary N) is 1. The Morgan fingerprint density at radius 3 is 2.61 bits per heavy atom. The molecular formula is C27H38N2O7. The van der Waals surface area contributed by atoms with Crippen molar-refractivity contribution in [1.29, 1.82) is 0 Å². The van der Waals surface area contributed by atoms with Crippen molar-refractivity contribution < 1.29 is 34.0 Å². The lowest BCUT2D eigenvalue weighted by Crippen LogP contribution is -2.69. The fraction of sp³-hybridized carbons (Fsp3) is 0.630. The monoisotopic (exact) mass is 502 g/mol. The van der Waals surface area contributed by atoms with Crippen LogP contribution in [-0.2, 0) is 30.9 Å². The number of benzene rings is 1. The maximum atomic E-state index is 12.9. The number of hydrogen-bond acceptors (Lipinski definition) is 9. The van der Waals surface area contributed by atoms with Crippen molar-refractivity contribution in [2.75, 3.05) is 13.6 Å². The van der Waals surface area contributed by atoms with Crippen LogP contribution in [0.25, 0.3) is 0 Å². The summed E-state index contributed by atoms with van der Waals surface area (Å²) < 4.78 is 17.2. The Kier molecular flexibility index (Phi) is 6.87. The molecular weight excluding hydrogens is 464 g/mol. The molecule has 6 atom stereocenters. The minimum Gasteiger partial charge on any atom is -0.504 e. The topological polar surface area (TPSA) is 132 Å². The Balaban J connectivity index is 1.62. The number of ether oxygens (including phenoxy) is 3. The molecule has 0 unspecified atom stereocenters. The molecule has 0 radical (unpaired) electrons. The summed E-state index contributed by atoms with van der Waals surface area (Å²) in [5.41, 5.74) is 5.41. The minimum atomic E-state index is -1.23. The van der Waals surface area contributed by atoms with Crippen molar-refractivity contribution in [2.45, 2.75) is 89.2 Å². The number of carbonyl (C=O) groups is 2. The number of nitrogens with zero attached hydrogens (tertiary/aromatic N) is 1. The molecule has 1 heterocycles. The van der Waals surface area contributed by atoms with E-state index in [1.54, 1.807) is 12.1 Å². The van der Waals surface area contributed by atoms with E-state index in [0.717, 1.165) is 17.7 Å². The van der Waals surface area contributed by atoms with Crippen LogP contribution in [0.3, 0.4) is 0 Å². The zero-order valence-electron chi connectivity index (χ0n) is 21.9. The second-order valence-electron chi connectivity index (χ2n) is 10.9. The molecule has 1 aromatic rings. The Labute approximate surface area is 212 Å². The average Bonchev–Trinajstić information content (AvgIpc) is 3.15. The quantitative estimate of drug-likeness (QED) is 0.458. The number of hydrogen-bond donors (Lipinski definition) is 3. The van der Waals surface area contributed by atoms with Gasteiger partial charge < -0.3 is 35.1 Å². The summed E-state index contributed by atoms with van der Waals surface area (Å²) >= 11 is 0. The normalized spacial score (nSPS) is 29.8. The van der Waals surface area contributed by atoms with Gasteiger partial charge in [0.15, 0.2) is 23.7 Å². The predicted octanol–water partition coefficient (Wildman–Crippen LogP) is 2.15. The highest BCUT2D eigenvalue weighted by Gasteiger charge is 2.68. The molecule has 0 saturated carbocycles. The largest absolute Gasteiger partial charge is 0.504 e. The van der Waals surface area contributed by atoms with E-state index in [4.69, 9.17) is 19.9 Å².